The van der Waals surface area contributed by atoms with Gasteiger partial charge in [-0.1, -0.05) is 0 Å². The highest BCUT2D eigenvalue weighted by Crippen LogP contribution is 2.35. The third kappa shape index (κ3) is 3.48. The second kappa shape index (κ2) is 5.33. The van der Waals surface area contributed by atoms with Gasteiger partial charge in [0.05, 0.1) is 7.11 Å². The highest BCUT2D eigenvalue weighted by Gasteiger charge is 2.37. The van der Waals surface area contributed by atoms with Gasteiger partial charge in [0.2, 0.25) is 0 Å². The Kier molecular flexibility index (Phi) is 4.22. The van der Waals surface area contributed by atoms with E-state index in [0.717, 1.165) is 7.11 Å². The highest BCUT2D eigenvalue weighted by atomic mass is 19.4. The maximum atomic E-state index is 13.6. The summed E-state index contributed by atoms with van der Waals surface area (Å²) in [6.07, 6.45) is -8.59. The zero-order chi connectivity index (χ0) is 14.8. The van der Waals surface area contributed by atoms with E-state index in [4.69, 9.17) is 0 Å². The van der Waals surface area contributed by atoms with Crippen molar-refractivity contribution in [1.82, 2.24) is 4.98 Å². The van der Waals surface area contributed by atoms with Gasteiger partial charge >= 0.3 is 12.3 Å². The number of aromatic nitrogens is 1. The lowest BCUT2D eigenvalue weighted by Gasteiger charge is -2.14. The van der Waals surface area contributed by atoms with Gasteiger partial charge < -0.3 is 9.47 Å². The molecule has 0 fully saturated rings. The summed E-state index contributed by atoms with van der Waals surface area (Å²) < 4.78 is 81.6. The van der Waals surface area contributed by atoms with E-state index in [2.05, 4.69) is 14.5 Å². The molecule has 10 heteroatoms. The van der Waals surface area contributed by atoms with Gasteiger partial charge in [-0.15, -0.1) is 13.2 Å². The molecule has 0 saturated heterocycles. The van der Waals surface area contributed by atoms with Crippen LogP contribution in [0.25, 0.3) is 0 Å². The number of halogens is 6. The number of methoxy groups -OCH3 is 1. The van der Waals surface area contributed by atoms with Crippen molar-refractivity contribution in [3.63, 3.8) is 0 Å². The predicted octanol–water partition coefficient (Wildman–Crippen LogP) is 2.84. The molecule has 0 amide bonds. The maximum Gasteiger partial charge on any atom is 0.573 e. The SMILES string of the molecule is COC(=O)c1cnc(C(F)F)c(OC(F)(F)F)c1F. The number of alkyl halides is 5. The quantitative estimate of drug-likeness (QED) is 0.634. The Labute approximate surface area is 101 Å². The molecule has 0 bridgehead atoms. The molecule has 0 aliphatic rings. The molecule has 106 valence electrons. The second-order valence-corrected chi connectivity index (χ2v) is 3.04. The van der Waals surface area contributed by atoms with Crippen LogP contribution in [0.1, 0.15) is 22.5 Å². The Hall–Kier alpha value is -2.00. The van der Waals surface area contributed by atoms with Crippen LogP contribution in [0.3, 0.4) is 0 Å². The first-order valence-corrected chi connectivity index (χ1v) is 4.48. The summed E-state index contributed by atoms with van der Waals surface area (Å²) in [6, 6.07) is 0. The molecule has 0 radical (unpaired) electrons. The van der Waals surface area contributed by atoms with E-state index in [1.807, 2.05) is 0 Å². The fourth-order valence-corrected chi connectivity index (χ4v) is 1.10. The molecule has 0 aliphatic heterocycles. The van der Waals surface area contributed by atoms with E-state index < -0.39 is 41.6 Å². The van der Waals surface area contributed by atoms with Crippen LogP contribution in [0.15, 0.2) is 6.20 Å². The molecule has 4 nitrogen and oxygen atoms in total. The number of carbonyl (C=O) groups excluding carboxylic acids is 1. The number of pyridine rings is 1. The van der Waals surface area contributed by atoms with E-state index in [9.17, 15) is 31.1 Å². The van der Waals surface area contributed by atoms with Gasteiger partial charge in [0, 0.05) is 6.20 Å². The van der Waals surface area contributed by atoms with Crippen molar-refractivity contribution in [1.29, 1.82) is 0 Å². The molecule has 1 heterocycles. The third-order valence-electron chi connectivity index (χ3n) is 1.83. The maximum absolute atomic E-state index is 13.6. The Bertz CT molecular complexity index is 488. The van der Waals surface area contributed by atoms with Crippen LogP contribution < -0.4 is 4.74 Å². The lowest BCUT2D eigenvalue weighted by molar-refractivity contribution is -0.276. The minimum atomic E-state index is -5.42. The van der Waals surface area contributed by atoms with Crippen molar-refractivity contribution in [2.45, 2.75) is 12.8 Å². The molecular formula is C9H5F6NO3. The predicted molar refractivity (Wildman–Crippen MR) is 47.2 cm³/mol. The molecule has 0 atom stereocenters. The topological polar surface area (TPSA) is 48.4 Å². The number of hydrogen-bond donors (Lipinski definition) is 0. The van der Waals surface area contributed by atoms with Crippen LogP contribution in [0.4, 0.5) is 26.3 Å². The third-order valence-corrected chi connectivity index (χ3v) is 1.83. The van der Waals surface area contributed by atoms with Crippen molar-refractivity contribution < 1.29 is 40.6 Å². The molecule has 0 unspecified atom stereocenters. The van der Waals surface area contributed by atoms with Gasteiger partial charge in [-0.05, 0) is 0 Å². The lowest BCUT2D eigenvalue weighted by Crippen LogP contribution is -2.21. The zero-order valence-corrected chi connectivity index (χ0v) is 9.09. The standard InChI is InChI=1S/C9H5F6NO3/c1-18-8(17)3-2-16-5(7(11)12)6(4(3)10)19-9(13,14)15/h2,7H,1H3. The minimum Gasteiger partial charge on any atom is -0.465 e. The van der Waals surface area contributed by atoms with E-state index >= 15 is 0 Å². The average Bonchev–Trinajstić information content (AvgIpc) is 2.28. The largest absolute Gasteiger partial charge is 0.573 e. The highest BCUT2D eigenvalue weighted by molar-refractivity contribution is 5.89. The molecule has 0 aromatic carbocycles. The number of rotatable bonds is 3. The number of ether oxygens (including phenoxy) is 2. The van der Waals surface area contributed by atoms with Gasteiger partial charge in [0.15, 0.2) is 17.3 Å². The number of esters is 1. The Morgan fingerprint density at radius 3 is 2.37 bits per heavy atom. The van der Waals surface area contributed by atoms with E-state index in [0.29, 0.717) is 6.20 Å². The summed E-state index contributed by atoms with van der Waals surface area (Å²) in [5, 5.41) is 0. The van der Waals surface area contributed by atoms with E-state index in [-0.39, 0.29) is 0 Å². The molecule has 1 rings (SSSR count). The Morgan fingerprint density at radius 2 is 1.95 bits per heavy atom. The fourth-order valence-electron chi connectivity index (χ4n) is 1.10. The number of nitrogens with zero attached hydrogens (tertiary/aromatic N) is 1. The molecule has 0 N–H and O–H groups in total. The molecular weight excluding hydrogens is 284 g/mol. The van der Waals surface area contributed by atoms with Crippen molar-refractivity contribution in [3.8, 4) is 5.75 Å². The lowest BCUT2D eigenvalue weighted by atomic mass is 10.2. The van der Waals surface area contributed by atoms with E-state index in [1.165, 1.54) is 0 Å². The first-order chi connectivity index (χ1) is 8.67. The molecule has 1 aromatic heterocycles. The van der Waals surface area contributed by atoms with Crippen molar-refractivity contribution in [2.24, 2.45) is 0 Å². The summed E-state index contributed by atoms with van der Waals surface area (Å²) in [6.45, 7) is 0. The van der Waals surface area contributed by atoms with Gasteiger partial charge in [-0.2, -0.15) is 0 Å². The van der Waals surface area contributed by atoms with Crippen molar-refractivity contribution in [2.75, 3.05) is 7.11 Å². The van der Waals surface area contributed by atoms with Crippen molar-refractivity contribution in [3.05, 3.63) is 23.3 Å². The molecule has 19 heavy (non-hydrogen) atoms. The van der Waals surface area contributed by atoms with Crippen LogP contribution in [0.2, 0.25) is 0 Å². The number of hydrogen-bond acceptors (Lipinski definition) is 4. The van der Waals surface area contributed by atoms with Crippen LogP contribution >= 0.6 is 0 Å². The van der Waals surface area contributed by atoms with Crippen molar-refractivity contribution >= 4 is 5.97 Å². The average molecular weight is 289 g/mol. The van der Waals surface area contributed by atoms with Crippen LogP contribution in [0, 0.1) is 5.82 Å². The normalized spacial score (nSPS) is 11.6. The Balaban J connectivity index is 3.40. The monoisotopic (exact) mass is 289 g/mol. The Morgan fingerprint density at radius 1 is 1.37 bits per heavy atom. The smallest absolute Gasteiger partial charge is 0.465 e. The summed E-state index contributed by atoms with van der Waals surface area (Å²) in [7, 11) is 0.826. The molecule has 0 spiro atoms. The molecule has 1 aromatic rings. The zero-order valence-electron chi connectivity index (χ0n) is 9.09. The first-order valence-electron chi connectivity index (χ1n) is 4.48. The van der Waals surface area contributed by atoms with Gasteiger partial charge in [0.1, 0.15) is 5.56 Å². The summed E-state index contributed by atoms with van der Waals surface area (Å²) in [5.74, 6) is -5.15. The second-order valence-electron chi connectivity index (χ2n) is 3.04. The van der Waals surface area contributed by atoms with E-state index in [1.54, 1.807) is 0 Å². The van der Waals surface area contributed by atoms with Gasteiger partial charge in [0.25, 0.3) is 6.43 Å². The van der Waals surface area contributed by atoms with Crippen LogP contribution in [-0.4, -0.2) is 24.4 Å². The molecule has 0 saturated carbocycles. The summed E-state index contributed by atoms with van der Waals surface area (Å²) in [5.41, 5.74) is -2.62. The summed E-state index contributed by atoms with van der Waals surface area (Å²) >= 11 is 0. The van der Waals surface area contributed by atoms with Crippen LogP contribution in [0.5, 0.6) is 5.75 Å². The fraction of sp³-hybridized carbons (Fsp3) is 0.333. The number of carbonyl (C=O) groups is 1. The minimum absolute atomic E-state index is 0.339. The van der Waals surface area contributed by atoms with Gasteiger partial charge in [-0.25, -0.2) is 18.0 Å². The van der Waals surface area contributed by atoms with Gasteiger partial charge in [-0.3, -0.25) is 4.98 Å². The summed E-state index contributed by atoms with van der Waals surface area (Å²) in [4.78, 5) is 13.9. The molecule has 0 aliphatic carbocycles. The first kappa shape index (κ1) is 15.1. The van der Waals surface area contributed by atoms with Crippen LogP contribution in [-0.2, 0) is 4.74 Å².